The lowest BCUT2D eigenvalue weighted by molar-refractivity contribution is 0.873. The first-order valence-corrected chi connectivity index (χ1v) is 5.64. The molecule has 88 valence electrons. The summed E-state index contributed by atoms with van der Waals surface area (Å²) >= 11 is 5.98. The first kappa shape index (κ1) is 11.7. The predicted octanol–water partition coefficient (Wildman–Crippen LogP) is 2.89. The Balaban J connectivity index is 2.18. The van der Waals surface area contributed by atoms with E-state index in [9.17, 15) is 0 Å². The van der Waals surface area contributed by atoms with Gasteiger partial charge in [0.1, 0.15) is 5.02 Å². The third kappa shape index (κ3) is 2.85. The maximum atomic E-state index is 5.98. The van der Waals surface area contributed by atoms with Crippen LogP contribution in [-0.4, -0.2) is 9.97 Å². The molecule has 17 heavy (non-hydrogen) atoms. The Morgan fingerprint density at radius 3 is 2.71 bits per heavy atom. The van der Waals surface area contributed by atoms with Crippen molar-refractivity contribution < 1.29 is 0 Å². The number of nitrogen functional groups attached to an aromatic ring is 1. The predicted molar refractivity (Wildman–Crippen MR) is 69.9 cm³/mol. The average Bonchev–Trinajstić information content (AvgIpc) is 2.35. The fraction of sp³-hybridized carbons (Fsp3) is 0.167. The highest BCUT2D eigenvalue weighted by Crippen LogP contribution is 2.23. The summed E-state index contributed by atoms with van der Waals surface area (Å²) in [5.74, 6) is 0.757. The van der Waals surface area contributed by atoms with Crippen LogP contribution in [0.25, 0.3) is 0 Å². The lowest BCUT2D eigenvalue weighted by Gasteiger charge is -2.15. The largest absolute Gasteiger partial charge is 0.368 e. The normalized spacial score (nSPS) is 12.1. The quantitative estimate of drug-likeness (QED) is 0.877. The van der Waals surface area contributed by atoms with Gasteiger partial charge in [0.2, 0.25) is 5.95 Å². The van der Waals surface area contributed by atoms with Gasteiger partial charge in [0.05, 0.1) is 6.20 Å². The van der Waals surface area contributed by atoms with Gasteiger partial charge in [0.15, 0.2) is 5.82 Å². The number of nitrogens with zero attached hydrogens (tertiary/aromatic N) is 2. The van der Waals surface area contributed by atoms with E-state index in [1.807, 2.05) is 37.3 Å². The van der Waals surface area contributed by atoms with Gasteiger partial charge in [-0.3, -0.25) is 0 Å². The van der Waals surface area contributed by atoms with E-state index >= 15 is 0 Å². The SMILES string of the molecule is CC(Nc1nc(N)ncc1Cl)c1ccccc1. The highest BCUT2D eigenvalue weighted by Gasteiger charge is 2.09. The molecule has 1 aromatic heterocycles. The summed E-state index contributed by atoms with van der Waals surface area (Å²) < 4.78 is 0. The van der Waals surface area contributed by atoms with E-state index in [0.29, 0.717) is 10.8 Å². The zero-order chi connectivity index (χ0) is 12.3. The van der Waals surface area contributed by atoms with Crippen LogP contribution in [0.1, 0.15) is 18.5 Å². The summed E-state index contributed by atoms with van der Waals surface area (Å²) in [5.41, 5.74) is 6.67. The van der Waals surface area contributed by atoms with Crippen molar-refractivity contribution >= 4 is 23.4 Å². The molecule has 0 spiro atoms. The van der Waals surface area contributed by atoms with E-state index < -0.39 is 0 Å². The maximum absolute atomic E-state index is 5.98. The van der Waals surface area contributed by atoms with Gasteiger partial charge >= 0.3 is 0 Å². The van der Waals surface area contributed by atoms with E-state index in [1.54, 1.807) is 0 Å². The first-order chi connectivity index (χ1) is 8.16. The summed E-state index contributed by atoms with van der Waals surface area (Å²) in [7, 11) is 0. The van der Waals surface area contributed by atoms with Gasteiger partial charge in [-0.2, -0.15) is 4.98 Å². The molecule has 3 N–H and O–H groups in total. The molecule has 5 heteroatoms. The molecule has 0 saturated heterocycles. The van der Waals surface area contributed by atoms with Gasteiger partial charge in [0.25, 0.3) is 0 Å². The van der Waals surface area contributed by atoms with Crippen LogP contribution in [0.15, 0.2) is 36.5 Å². The number of halogens is 1. The van der Waals surface area contributed by atoms with E-state index in [1.165, 1.54) is 6.20 Å². The third-order valence-corrected chi connectivity index (χ3v) is 2.69. The number of benzene rings is 1. The molecule has 1 atom stereocenters. The number of hydrogen-bond donors (Lipinski definition) is 2. The Kier molecular flexibility index (Phi) is 3.44. The standard InChI is InChI=1S/C12H13ClN4/c1-8(9-5-3-2-4-6-9)16-11-10(13)7-15-12(14)17-11/h2-8H,1H3,(H3,14,15,16,17). The Hall–Kier alpha value is -1.81. The molecule has 4 nitrogen and oxygen atoms in total. The number of hydrogen-bond acceptors (Lipinski definition) is 4. The van der Waals surface area contributed by atoms with Crippen molar-refractivity contribution in [2.24, 2.45) is 0 Å². The lowest BCUT2D eigenvalue weighted by atomic mass is 10.1. The van der Waals surface area contributed by atoms with Crippen molar-refractivity contribution in [1.29, 1.82) is 0 Å². The van der Waals surface area contributed by atoms with E-state index in [2.05, 4.69) is 15.3 Å². The van der Waals surface area contributed by atoms with Crippen molar-refractivity contribution in [2.75, 3.05) is 11.1 Å². The van der Waals surface area contributed by atoms with E-state index in [-0.39, 0.29) is 12.0 Å². The number of nitrogens with two attached hydrogens (primary N) is 1. The van der Waals surface area contributed by atoms with Crippen molar-refractivity contribution in [3.8, 4) is 0 Å². The van der Waals surface area contributed by atoms with E-state index in [0.717, 1.165) is 5.56 Å². The van der Waals surface area contributed by atoms with Crippen LogP contribution < -0.4 is 11.1 Å². The van der Waals surface area contributed by atoms with Gasteiger partial charge in [0, 0.05) is 6.04 Å². The molecular weight excluding hydrogens is 236 g/mol. The smallest absolute Gasteiger partial charge is 0.222 e. The first-order valence-electron chi connectivity index (χ1n) is 5.26. The van der Waals surface area contributed by atoms with Gasteiger partial charge in [-0.1, -0.05) is 41.9 Å². The van der Waals surface area contributed by atoms with Crippen molar-refractivity contribution in [2.45, 2.75) is 13.0 Å². The number of rotatable bonds is 3. The van der Waals surface area contributed by atoms with Gasteiger partial charge in [-0.15, -0.1) is 0 Å². The van der Waals surface area contributed by atoms with Gasteiger partial charge in [-0.25, -0.2) is 4.98 Å². The molecule has 0 amide bonds. The Morgan fingerprint density at radius 1 is 1.29 bits per heavy atom. The molecule has 0 radical (unpaired) electrons. The topological polar surface area (TPSA) is 63.8 Å². The maximum Gasteiger partial charge on any atom is 0.222 e. The van der Waals surface area contributed by atoms with Crippen LogP contribution in [0.4, 0.5) is 11.8 Å². The average molecular weight is 249 g/mol. The summed E-state index contributed by atoms with van der Waals surface area (Å²) in [4.78, 5) is 7.88. The van der Waals surface area contributed by atoms with Crippen LogP contribution in [0, 0.1) is 0 Å². The molecule has 2 rings (SSSR count). The third-order valence-electron chi connectivity index (χ3n) is 2.42. The second-order valence-electron chi connectivity index (χ2n) is 3.70. The van der Waals surface area contributed by atoms with Crippen LogP contribution in [0.5, 0.6) is 0 Å². The molecule has 0 aliphatic rings. The summed E-state index contributed by atoms with van der Waals surface area (Å²) in [6.45, 7) is 2.03. The molecule has 2 aromatic rings. The van der Waals surface area contributed by atoms with E-state index in [4.69, 9.17) is 17.3 Å². The second kappa shape index (κ2) is 5.01. The monoisotopic (exact) mass is 248 g/mol. The molecule has 1 heterocycles. The summed E-state index contributed by atoms with van der Waals surface area (Å²) in [5, 5.41) is 3.66. The fourth-order valence-electron chi connectivity index (χ4n) is 1.51. The molecular formula is C12H13ClN4. The minimum Gasteiger partial charge on any atom is -0.368 e. The van der Waals surface area contributed by atoms with Crippen LogP contribution in [-0.2, 0) is 0 Å². The molecule has 0 bridgehead atoms. The van der Waals surface area contributed by atoms with Gasteiger partial charge in [-0.05, 0) is 12.5 Å². The van der Waals surface area contributed by atoms with Crippen molar-refractivity contribution in [3.63, 3.8) is 0 Å². The molecule has 1 unspecified atom stereocenters. The Labute approximate surface area is 105 Å². The van der Waals surface area contributed by atoms with Crippen LogP contribution in [0.3, 0.4) is 0 Å². The van der Waals surface area contributed by atoms with Gasteiger partial charge < -0.3 is 11.1 Å². The molecule has 1 aromatic carbocycles. The number of anilines is 2. The molecule has 0 aliphatic carbocycles. The molecule has 0 saturated carbocycles. The lowest BCUT2D eigenvalue weighted by Crippen LogP contribution is -2.09. The number of nitrogens with one attached hydrogen (secondary N) is 1. The van der Waals surface area contributed by atoms with Crippen LogP contribution in [0.2, 0.25) is 5.02 Å². The molecule has 0 fully saturated rings. The fourth-order valence-corrected chi connectivity index (χ4v) is 1.66. The van der Waals surface area contributed by atoms with Crippen molar-refractivity contribution in [1.82, 2.24) is 9.97 Å². The minimum atomic E-state index is 0.1000. The minimum absolute atomic E-state index is 0.1000. The number of aromatic nitrogens is 2. The zero-order valence-corrected chi connectivity index (χ0v) is 10.1. The highest BCUT2D eigenvalue weighted by molar-refractivity contribution is 6.32. The summed E-state index contributed by atoms with van der Waals surface area (Å²) in [6.07, 6.45) is 1.49. The highest BCUT2D eigenvalue weighted by atomic mass is 35.5. The second-order valence-corrected chi connectivity index (χ2v) is 4.11. The zero-order valence-electron chi connectivity index (χ0n) is 9.39. The molecule has 0 aliphatic heterocycles. The van der Waals surface area contributed by atoms with Crippen LogP contribution >= 0.6 is 11.6 Å². The Bertz CT molecular complexity index is 501. The van der Waals surface area contributed by atoms with Crippen molar-refractivity contribution in [3.05, 3.63) is 47.1 Å². The summed E-state index contributed by atoms with van der Waals surface area (Å²) in [6, 6.07) is 10.1. The Morgan fingerprint density at radius 2 is 2.00 bits per heavy atom.